The minimum atomic E-state index is 0.235. The fourth-order valence-corrected chi connectivity index (χ4v) is 2.59. The Hall–Kier alpha value is -2.35. The first kappa shape index (κ1) is 12.7. The molecule has 0 saturated heterocycles. The number of carbonyl (C=O) groups excluding carboxylic acids is 1. The van der Waals surface area contributed by atoms with Crippen molar-refractivity contribution < 1.29 is 4.79 Å². The molecule has 0 amide bonds. The first-order chi connectivity index (χ1) is 9.75. The van der Waals surface area contributed by atoms with Crippen LogP contribution in [0.15, 0.2) is 54.7 Å². The van der Waals surface area contributed by atoms with Gasteiger partial charge in [0.2, 0.25) is 0 Å². The lowest BCUT2D eigenvalue weighted by atomic mass is 10.0. The molecule has 0 spiro atoms. The molecule has 3 aromatic rings. The minimum Gasteiger partial charge on any atom is -0.360 e. The number of aryl methyl sites for hydroxylation is 1. The van der Waals surface area contributed by atoms with Gasteiger partial charge in [-0.25, -0.2) is 0 Å². The maximum absolute atomic E-state index is 11.2. The third kappa shape index (κ3) is 2.37. The molecular formula is C18H17NO. The van der Waals surface area contributed by atoms with E-state index in [0.717, 1.165) is 11.9 Å². The molecule has 0 radical (unpaired) electrons. The van der Waals surface area contributed by atoms with E-state index in [1.807, 2.05) is 24.4 Å². The van der Waals surface area contributed by atoms with Crippen molar-refractivity contribution in [2.75, 3.05) is 0 Å². The molecule has 1 heterocycles. The zero-order valence-electron chi connectivity index (χ0n) is 11.5. The molecule has 2 aromatic carbocycles. The fourth-order valence-electron chi connectivity index (χ4n) is 2.59. The molecule has 0 atom stereocenters. The Kier molecular flexibility index (Phi) is 3.38. The first-order valence-electron chi connectivity index (χ1n) is 6.89. The Bertz CT molecular complexity index is 740. The number of rotatable bonds is 4. The van der Waals surface area contributed by atoms with Gasteiger partial charge in [-0.1, -0.05) is 48.5 Å². The number of carbonyl (C=O) groups is 1. The average Bonchev–Trinajstić information content (AvgIpc) is 2.89. The van der Waals surface area contributed by atoms with Crippen molar-refractivity contribution >= 4 is 16.7 Å². The average molecular weight is 263 g/mol. The van der Waals surface area contributed by atoms with E-state index in [1.54, 1.807) is 6.92 Å². The summed E-state index contributed by atoms with van der Waals surface area (Å²) in [6.07, 6.45) is 3.43. The fraction of sp³-hybridized carbons (Fsp3) is 0.167. The lowest BCUT2D eigenvalue weighted by molar-refractivity contribution is -0.116. The van der Waals surface area contributed by atoms with Gasteiger partial charge >= 0.3 is 0 Å². The van der Waals surface area contributed by atoms with Gasteiger partial charge in [0.1, 0.15) is 5.78 Å². The van der Waals surface area contributed by atoms with Crippen LogP contribution in [0.1, 0.15) is 18.9 Å². The Labute approximate surface area is 118 Å². The third-order valence-corrected chi connectivity index (χ3v) is 3.63. The Morgan fingerprint density at radius 2 is 1.85 bits per heavy atom. The molecular weight excluding hydrogens is 246 g/mol. The number of ketones is 1. The van der Waals surface area contributed by atoms with Crippen molar-refractivity contribution in [3.63, 3.8) is 0 Å². The van der Waals surface area contributed by atoms with E-state index in [0.29, 0.717) is 6.42 Å². The molecule has 0 aliphatic rings. The lowest BCUT2D eigenvalue weighted by Gasteiger charge is -2.04. The lowest BCUT2D eigenvalue weighted by Crippen LogP contribution is -1.92. The number of aromatic amines is 1. The van der Waals surface area contributed by atoms with Crippen LogP contribution < -0.4 is 0 Å². The van der Waals surface area contributed by atoms with Gasteiger partial charge in [0.05, 0.1) is 5.52 Å². The molecule has 0 fully saturated rings. The van der Waals surface area contributed by atoms with Crippen molar-refractivity contribution in [3.8, 4) is 11.1 Å². The third-order valence-electron chi connectivity index (χ3n) is 3.63. The van der Waals surface area contributed by atoms with Gasteiger partial charge in [-0.05, 0) is 24.5 Å². The van der Waals surface area contributed by atoms with Crippen LogP contribution in [0.4, 0.5) is 0 Å². The van der Waals surface area contributed by atoms with E-state index in [4.69, 9.17) is 0 Å². The Morgan fingerprint density at radius 1 is 1.05 bits per heavy atom. The van der Waals surface area contributed by atoms with Gasteiger partial charge in [-0.2, -0.15) is 0 Å². The molecule has 0 saturated carbocycles. The van der Waals surface area contributed by atoms with Crippen LogP contribution in [-0.2, 0) is 11.2 Å². The highest BCUT2D eigenvalue weighted by Crippen LogP contribution is 2.30. The maximum Gasteiger partial charge on any atom is 0.130 e. The molecule has 0 aliphatic carbocycles. The zero-order chi connectivity index (χ0) is 13.9. The van der Waals surface area contributed by atoms with Gasteiger partial charge in [0.25, 0.3) is 0 Å². The van der Waals surface area contributed by atoms with Crippen LogP contribution in [-0.4, -0.2) is 10.8 Å². The Morgan fingerprint density at radius 3 is 2.60 bits per heavy atom. The molecule has 1 aromatic heterocycles. The molecule has 100 valence electrons. The molecule has 2 heteroatoms. The number of hydrogen-bond donors (Lipinski definition) is 1. The molecule has 0 aliphatic heterocycles. The SMILES string of the molecule is CC(=O)CCc1c[nH]c2c(-c3ccccc3)cccc12. The van der Waals surface area contributed by atoms with E-state index in [1.165, 1.54) is 22.1 Å². The standard InChI is InChI=1S/C18H17NO/c1-13(20)10-11-15-12-19-18-16(8-5-9-17(15)18)14-6-3-2-4-7-14/h2-9,12,19H,10-11H2,1H3. The van der Waals surface area contributed by atoms with Crippen LogP contribution in [0.25, 0.3) is 22.0 Å². The number of H-pyrrole nitrogens is 1. The zero-order valence-corrected chi connectivity index (χ0v) is 11.5. The van der Waals surface area contributed by atoms with Crippen molar-refractivity contribution in [3.05, 3.63) is 60.3 Å². The highest BCUT2D eigenvalue weighted by Gasteiger charge is 2.09. The number of benzene rings is 2. The second kappa shape index (κ2) is 5.33. The molecule has 0 unspecified atom stereocenters. The van der Waals surface area contributed by atoms with Gasteiger partial charge in [0, 0.05) is 23.6 Å². The van der Waals surface area contributed by atoms with Crippen LogP contribution in [0.3, 0.4) is 0 Å². The summed E-state index contributed by atoms with van der Waals surface area (Å²) >= 11 is 0. The Balaban J connectivity index is 2.06. The van der Waals surface area contributed by atoms with E-state index < -0.39 is 0 Å². The second-order valence-electron chi connectivity index (χ2n) is 5.11. The number of para-hydroxylation sites is 1. The van der Waals surface area contributed by atoms with Crippen molar-refractivity contribution in [2.45, 2.75) is 19.8 Å². The van der Waals surface area contributed by atoms with Crippen molar-refractivity contribution in [1.82, 2.24) is 4.98 Å². The second-order valence-corrected chi connectivity index (χ2v) is 5.11. The van der Waals surface area contributed by atoms with Gasteiger partial charge < -0.3 is 9.78 Å². The first-order valence-corrected chi connectivity index (χ1v) is 6.89. The normalized spacial score (nSPS) is 10.8. The van der Waals surface area contributed by atoms with Crippen LogP contribution in [0.5, 0.6) is 0 Å². The van der Waals surface area contributed by atoms with Gasteiger partial charge in [0.15, 0.2) is 0 Å². The quantitative estimate of drug-likeness (QED) is 0.745. The summed E-state index contributed by atoms with van der Waals surface area (Å²) in [7, 11) is 0. The highest BCUT2D eigenvalue weighted by molar-refractivity contribution is 5.96. The number of hydrogen-bond acceptors (Lipinski definition) is 1. The molecule has 2 nitrogen and oxygen atoms in total. The largest absolute Gasteiger partial charge is 0.360 e. The number of fused-ring (bicyclic) bond motifs is 1. The topological polar surface area (TPSA) is 32.9 Å². The van der Waals surface area contributed by atoms with E-state index in [9.17, 15) is 4.79 Å². The van der Waals surface area contributed by atoms with Gasteiger partial charge in [-0.15, -0.1) is 0 Å². The molecule has 3 rings (SSSR count). The number of Topliss-reactive ketones (excluding diaryl/α,β-unsaturated/α-hetero) is 1. The molecule has 1 N–H and O–H groups in total. The summed E-state index contributed by atoms with van der Waals surface area (Å²) in [6, 6.07) is 16.7. The van der Waals surface area contributed by atoms with Crippen LogP contribution in [0.2, 0.25) is 0 Å². The summed E-state index contributed by atoms with van der Waals surface area (Å²) in [5.74, 6) is 0.235. The smallest absolute Gasteiger partial charge is 0.130 e. The predicted octanol–water partition coefficient (Wildman–Crippen LogP) is 4.36. The van der Waals surface area contributed by atoms with E-state index in [-0.39, 0.29) is 5.78 Å². The summed E-state index contributed by atoms with van der Waals surface area (Å²) in [4.78, 5) is 14.5. The van der Waals surface area contributed by atoms with Crippen LogP contribution in [0, 0.1) is 0 Å². The monoisotopic (exact) mass is 263 g/mol. The van der Waals surface area contributed by atoms with Crippen LogP contribution >= 0.6 is 0 Å². The van der Waals surface area contributed by atoms with Crippen molar-refractivity contribution in [1.29, 1.82) is 0 Å². The molecule has 20 heavy (non-hydrogen) atoms. The van der Waals surface area contributed by atoms with Gasteiger partial charge in [-0.3, -0.25) is 0 Å². The molecule has 0 bridgehead atoms. The summed E-state index contributed by atoms with van der Waals surface area (Å²) in [5, 5.41) is 1.22. The highest BCUT2D eigenvalue weighted by atomic mass is 16.1. The number of nitrogens with one attached hydrogen (secondary N) is 1. The van der Waals surface area contributed by atoms with E-state index >= 15 is 0 Å². The summed E-state index contributed by atoms with van der Waals surface area (Å²) in [5.41, 5.74) is 4.78. The predicted molar refractivity (Wildman–Crippen MR) is 82.7 cm³/mol. The summed E-state index contributed by atoms with van der Waals surface area (Å²) < 4.78 is 0. The maximum atomic E-state index is 11.2. The van der Waals surface area contributed by atoms with E-state index in [2.05, 4.69) is 35.3 Å². The minimum absolute atomic E-state index is 0.235. The van der Waals surface area contributed by atoms with Crippen molar-refractivity contribution in [2.24, 2.45) is 0 Å². The number of aromatic nitrogens is 1. The summed E-state index contributed by atoms with van der Waals surface area (Å²) in [6.45, 7) is 1.64.